The number of hydrogen-bond donors (Lipinski definition) is 2. The van der Waals surface area contributed by atoms with Crippen molar-refractivity contribution in [2.75, 3.05) is 26.8 Å². The molecule has 7 heteroatoms. The summed E-state index contributed by atoms with van der Waals surface area (Å²) in [5.74, 6) is 0.703. The summed E-state index contributed by atoms with van der Waals surface area (Å²) in [6.45, 7) is 4.65. The van der Waals surface area contributed by atoms with E-state index < -0.39 is 0 Å². The average Bonchev–Trinajstić information content (AvgIpc) is 3.11. The van der Waals surface area contributed by atoms with Crippen molar-refractivity contribution in [1.29, 1.82) is 0 Å². The fourth-order valence-electron chi connectivity index (χ4n) is 3.56. The predicted octanol–water partition coefficient (Wildman–Crippen LogP) is 3.25. The highest BCUT2D eigenvalue weighted by Gasteiger charge is 2.33. The average molecular weight is 362 g/mol. The summed E-state index contributed by atoms with van der Waals surface area (Å²) in [7, 11) is 1.74. The first-order chi connectivity index (χ1) is 12.6. The van der Waals surface area contributed by atoms with E-state index in [9.17, 15) is 10.1 Å². The monoisotopic (exact) mass is 362 g/mol. The summed E-state index contributed by atoms with van der Waals surface area (Å²) in [6.07, 6.45) is 5.96. The Morgan fingerprint density at radius 3 is 2.69 bits per heavy atom. The highest BCUT2D eigenvalue weighted by atomic mass is 16.6. The zero-order valence-corrected chi connectivity index (χ0v) is 15.8. The van der Waals surface area contributed by atoms with E-state index in [1.807, 2.05) is 6.92 Å². The van der Waals surface area contributed by atoms with Gasteiger partial charge < -0.3 is 15.4 Å². The van der Waals surface area contributed by atoms with Crippen LogP contribution in [0.25, 0.3) is 0 Å². The molecule has 1 aromatic carbocycles. The van der Waals surface area contributed by atoms with Crippen molar-refractivity contribution in [1.82, 2.24) is 10.6 Å². The van der Waals surface area contributed by atoms with Gasteiger partial charge in [0.2, 0.25) is 0 Å². The minimum absolute atomic E-state index is 0.111. The van der Waals surface area contributed by atoms with Gasteiger partial charge in [0.15, 0.2) is 5.96 Å². The maximum absolute atomic E-state index is 11.1. The largest absolute Gasteiger partial charge is 0.385 e. The SMILES string of the molecule is CCNC(=NCc1ccccc1[N+](=O)[O-])NCC1(CCOC)CCCC1. The van der Waals surface area contributed by atoms with E-state index in [0.29, 0.717) is 11.5 Å². The Labute approximate surface area is 155 Å². The molecule has 2 rings (SSSR count). The molecule has 1 aromatic rings. The van der Waals surface area contributed by atoms with Crippen LogP contribution >= 0.6 is 0 Å². The van der Waals surface area contributed by atoms with Crippen LogP contribution in [0.3, 0.4) is 0 Å². The standard InChI is InChI=1S/C19H30N4O3/c1-3-20-18(21-14-16-8-4-5-9-17(16)23(24)25)22-15-19(12-13-26-2)10-6-7-11-19/h4-5,8-9H,3,6-7,10-15H2,1-2H3,(H2,20,21,22). The summed E-state index contributed by atoms with van der Waals surface area (Å²) in [6, 6.07) is 6.75. The third-order valence-corrected chi connectivity index (χ3v) is 5.07. The zero-order valence-electron chi connectivity index (χ0n) is 15.8. The van der Waals surface area contributed by atoms with Crippen LogP contribution in [-0.2, 0) is 11.3 Å². The third kappa shape index (κ3) is 5.69. The number of rotatable bonds is 9. The Balaban J connectivity index is 2.03. The number of aliphatic imine (C=N–C) groups is 1. The Kier molecular flexibility index (Phi) is 7.84. The van der Waals surface area contributed by atoms with Gasteiger partial charge in [-0.2, -0.15) is 0 Å². The van der Waals surface area contributed by atoms with Crippen molar-refractivity contribution in [3.8, 4) is 0 Å². The van der Waals surface area contributed by atoms with Crippen LogP contribution < -0.4 is 10.6 Å². The molecule has 0 bridgehead atoms. The Bertz CT molecular complexity index is 613. The van der Waals surface area contributed by atoms with E-state index >= 15 is 0 Å². The van der Waals surface area contributed by atoms with Gasteiger partial charge in [0.05, 0.1) is 17.0 Å². The zero-order chi connectivity index (χ0) is 18.8. The number of nitrogens with zero attached hydrogens (tertiary/aromatic N) is 2. The topological polar surface area (TPSA) is 88.8 Å². The Morgan fingerprint density at radius 1 is 1.31 bits per heavy atom. The lowest BCUT2D eigenvalue weighted by molar-refractivity contribution is -0.385. The van der Waals surface area contributed by atoms with Crippen molar-refractivity contribution in [2.45, 2.75) is 45.6 Å². The van der Waals surface area contributed by atoms with Crippen molar-refractivity contribution >= 4 is 11.6 Å². The summed E-state index contributed by atoms with van der Waals surface area (Å²) < 4.78 is 5.29. The molecule has 0 radical (unpaired) electrons. The molecule has 0 heterocycles. The second-order valence-corrected chi connectivity index (χ2v) is 6.88. The molecule has 0 aliphatic heterocycles. The number of hydrogen-bond acceptors (Lipinski definition) is 4. The fraction of sp³-hybridized carbons (Fsp3) is 0.632. The second-order valence-electron chi connectivity index (χ2n) is 6.88. The van der Waals surface area contributed by atoms with Crippen molar-refractivity contribution in [3.63, 3.8) is 0 Å². The maximum atomic E-state index is 11.1. The van der Waals surface area contributed by atoms with Crippen molar-refractivity contribution in [2.24, 2.45) is 10.4 Å². The molecule has 7 nitrogen and oxygen atoms in total. The van der Waals surface area contributed by atoms with Gasteiger partial charge >= 0.3 is 0 Å². The molecule has 0 unspecified atom stereocenters. The molecule has 1 fully saturated rings. The number of para-hydroxylation sites is 1. The van der Waals surface area contributed by atoms with Crippen LogP contribution in [-0.4, -0.2) is 37.7 Å². The van der Waals surface area contributed by atoms with Gasteiger partial charge in [-0.3, -0.25) is 10.1 Å². The van der Waals surface area contributed by atoms with E-state index in [1.54, 1.807) is 25.3 Å². The molecular weight excluding hydrogens is 332 g/mol. The first-order valence-corrected chi connectivity index (χ1v) is 9.33. The molecule has 2 N–H and O–H groups in total. The molecule has 144 valence electrons. The van der Waals surface area contributed by atoms with Crippen LogP contribution in [0.5, 0.6) is 0 Å². The van der Waals surface area contributed by atoms with Crippen LogP contribution in [0, 0.1) is 15.5 Å². The van der Waals surface area contributed by atoms with Crippen LogP contribution in [0.4, 0.5) is 5.69 Å². The number of guanidine groups is 1. The summed E-state index contributed by atoms with van der Waals surface area (Å²) in [5, 5.41) is 17.8. The molecule has 0 amide bonds. The number of nitrogens with one attached hydrogen (secondary N) is 2. The predicted molar refractivity (Wildman–Crippen MR) is 103 cm³/mol. The van der Waals surface area contributed by atoms with Gasteiger partial charge in [-0.05, 0) is 31.6 Å². The van der Waals surface area contributed by atoms with Gasteiger partial charge in [-0.25, -0.2) is 4.99 Å². The van der Waals surface area contributed by atoms with E-state index in [4.69, 9.17) is 4.74 Å². The quantitative estimate of drug-likeness (QED) is 0.305. The third-order valence-electron chi connectivity index (χ3n) is 5.07. The molecule has 1 aliphatic rings. The minimum Gasteiger partial charge on any atom is -0.385 e. The lowest BCUT2D eigenvalue weighted by atomic mass is 9.83. The summed E-state index contributed by atoms with van der Waals surface area (Å²) >= 11 is 0. The molecule has 1 saturated carbocycles. The number of nitro benzene ring substituents is 1. The first kappa shape index (κ1) is 20.2. The minimum atomic E-state index is -0.358. The highest BCUT2D eigenvalue weighted by Crippen LogP contribution is 2.40. The normalized spacial score (nSPS) is 16.5. The number of nitro groups is 1. The summed E-state index contributed by atoms with van der Waals surface area (Å²) in [5.41, 5.74) is 0.981. The number of ether oxygens (including phenoxy) is 1. The Morgan fingerprint density at radius 2 is 2.04 bits per heavy atom. The maximum Gasteiger partial charge on any atom is 0.274 e. The molecule has 0 atom stereocenters. The van der Waals surface area contributed by atoms with Crippen LogP contribution in [0.1, 0.15) is 44.6 Å². The van der Waals surface area contributed by atoms with Crippen LogP contribution in [0.2, 0.25) is 0 Å². The first-order valence-electron chi connectivity index (χ1n) is 9.33. The highest BCUT2D eigenvalue weighted by molar-refractivity contribution is 5.79. The molecular formula is C19H30N4O3. The summed E-state index contributed by atoms with van der Waals surface area (Å²) in [4.78, 5) is 15.3. The second kappa shape index (κ2) is 10.1. The van der Waals surface area contributed by atoms with E-state index in [0.717, 1.165) is 26.1 Å². The van der Waals surface area contributed by atoms with Crippen LogP contribution in [0.15, 0.2) is 29.3 Å². The van der Waals surface area contributed by atoms with Gasteiger partial charge in [-0.1, -0.05) is 31.0 Å². The number of methoxy groups -OCH3 is 1. The van der Waals surface area contributed by atoms with E-state index in [-0.39, 0.29) is 22.6 Å². The van der Waals surface area contributed by atoms with Gasteiger partial charge in [0, 0.05) is 32.9 Å². The lowest BCUT2D eigenvalue weighted by Gasteiger charge is -2.30. The van der Waals surface area contributed by atoms with Gasteiger partial charge in [-0.15, -0.1) is 0 Å². The molecule has 0 spiro atoms. The molecule has 1 aliphatic carbocycles. The fourth-order valence-corrected chi connectivity index (χ4v) is 3.56. The Hall–Kier alpha value is -2.15. The van der Waals surface area contributed by atoms with Gasteiger partial charge in [0.25, 0.3) is 5.69 Å². The smallest absolute Gasteiger partial charge is 0.274 e. The lowest BCUT2D eigenvalue weighted by Crippen LogP contribution is -2.43. The van der Waals surface area contributed by atoms with Gasteiger partial charge in [0.1, 0.15) is 0 Å². The molecule has 0 aromatic heterocycles. The van der Waals surface area contributed by atoms with E-state index in [2.05, 4.69) is 15.6 Å². The molecule has 0 saturated heterocycles. The number of benzene rings is 1. The van der Waals surface area contributed by atoms with Crippen molar-refractivity contribution in [3.05, 3.63) is 39.9 Å². The van der Waals surface area contributed by atoms with Crippen molar-refractivity contribution < 1.29 is 9.66 Å². The van der Waals surface area contributed by atoms with E-state index in [1.165, 1.54) is 31.7 Å². The molecule has 26 heavy (non-hydrogen) atoms.